The fourth-order valence-corrected chi connectivity index (χ4v) is 10.4. The number of epoxide rings is 1. The molecule has 0 radical (unpaired) electrons. The number of rotatable bonds is 5. The average Bonchev–Trinajstić information content (AvgIpc) is 3.26. The van der Waals surface area contributed by atoms with E-state index >= 15 is 0 Å². The summed E-state index contributed by atoms with van der Waals surface area (Å²) in [5.74, 6) is 2.73. The molecule has 4 fully saturated rings. The largest absolute Gasteiger partial charge is 0.462 e. The smallest absolute Gasteiger partial charge is 0.302 e. The maximum Gasteiger partial charge on any atom is 0.302 e. The SMILES string of the molecule is CC(=O)O[C@H]1CC[C@]2(C)[C@H]3CC[C@@]4(C)[C@H]([C@H](C)CC[C@H]5OC5(C)C)CC[C@]4(C)C3=CC[C@H]2C1(C)C. The monoisotopic (exact) mass is 484 g/mol. The highest BCUT2D eigenvalue weighted by molar-refractivity contribution is 5.66. The molecule has 0 amide bonds. The summed E-state index contributed by atoms with van der Waals surface area (Å²) in [5.41, 5.74) is 3.00. The molecule has 5 aliphatic rings. The van der Waals surface area contributed by atoms with E-state index in [4.69, 9.17) is 9.47 Å². The Bertz CT molecular complexity index is 900. The number of carbonyl (C=O) groups excluding carboxylic acids is 1. The van der Waals surface area contributed by atoms with E-state index in [1.54, 1.807) is 6.92 Å². The van der Waals surface area contributed by atoms with Crippen LogP contribution in [0.1, 0.15) is 120 Å². The number of fused-ring (bicyclic) bond motifs is 5. The zero-order chi connectivity index (χ0) is 25.6. The number of hydrogen-bond acceptors (Lipinski definition) is 3. The summed E-state index contributed by atoms with van der Waals surface area (Å²) in [6.45, 7) is 21.2. The zero-order valence-corrected chi connectivity index (χ0v) is 24.1. The van der Waals surface area contributed by atoms with Gasteiger partial charge in [-0.3, -0.25) is 4.79 Å². The maximum absolute atomic E-state index is 11.8. The van der Waals surface area contributed by atoms with Crippen molar-refractivity contribution in [2.75, 3.05) is 0 Å². The normalized spacial score (nSPS) is 48.1. The van der Waals surface area contributed by atoms with Crippen LogP contribution in [0, 0.1) is 45.3 Å². The van der Waals surface area contributed by atoms with Gasteiger partial charge in [0, 0.05) is 12.3 Å². The predicted molar refractivity (Wildman–Crippen MR) is 142 cm³/mol. The van der Waals surface area contributed by atoms with E-state index in [-0.39, 0.29) is 23.1 Å². The summed E-state index contributed by atoms with van der Waals surface area (Å²) >= 11 is 0. The van der Waals surface area contributed by atoms with Crippen molar-refractivity contribution in [2.45, 2.75) is 138 Å². The fourth-order valence-electron chi connectivity index (χ4n) is 10.4. The second kappa shape index (κ2) is 8.08. The molecule has 1 saturated heterocycles. The van der Waals surface area contributed by atoms with Gasteiger partial charge in [0.1, 0.15) is 6.10 Å². The third kappa shape index (κ3) is 3.71. The van der Waals surface area contributed by atoms with Gasteiger partial charge in [-0.25, -0.2) is 0 Å². The van der Waals surface area contributed by atoms with Crippen LogP contribution in [0.3, 0.4) is 0 Å². The van der Waals surface area contributed by atoms with Gasteiger partial charge in [-0.1, -0.05) is 53.2 Å². The maximum atomic E-state index is 11.8. The zero-order valence-electron chi connectivity index (χ0n) is 24.1. The minimum atomic E-state index is -0.123. The van der Waals surface area contributed by atoms with Gasteiger partial charge in [0.15, 0.2) is 0 Å². The lowest BCUT2D eigenvalue weighted by Crippen LogP contribution is -2.58. The molecule has 0 bridgehead atoms. The molecule has 35 heavy (non-hydrogen) atoms. The van der Waals surface area contributed by atoms with Crippen molar-refractivity contribution in [1.82, 2.24) is 0 Å². The first kappa shape index (κ1) is 25.8. The van der Waals surface area contributed by atoms with Gasteiger partial charge in [0.25, 0.3) is 0 Å². The fraction of sp³-hybridized carbons (Fsp3) is 0.906. The highest BCUT2D eigenvalue weighted by atomic mass is 16.6. The molecule has 0 unspecified atom stereocenters. The molecule has 9 atom stereocenters. The van der Waals surface area contributed by atoms with Gasteiger partial charge in [-0.15, -0.1) is 0 Å². The molecule has 198 valence electrons. The number of hydrogen-bond donors (Lipinski definition) is 0. The van der Waals surface area contributed by atoms with Gasteiger partial charge in [-0.2, -0.15) is 0 Å². The number of carbonyl (C=O) groups is 1. The second-order valence-corrected chi connectivity index (χ2v) is 15.2. The van der Waals surface area contributed by atoms with E-state index in [2.05, 4.69) is 61.5 Å². The summed E-state index contributed by atoms with van der Waals surface area (Å²) in [5, 5.41) is 0. The van der Waals surface area contributed by atoms with E-state index in [0.29, 0.717) is 34.2 Å². The molecule has 3 saturated carbocycles. The lowest BCUT2D eigenvalue weighted by Gasteiger charge is -2.64. The summed E-state index contributed by atoms with van der Waals surface area (Å²) in [7, 11) is 0. The first-order valence-corrected chi connectivity index (χ1v) is 14.7. The molecule has 3 nitrogen and oxygen atoms in total. The molecular weight excluding hydrogens is 432 g/mol. The average molecular weight is 485 g/mol. The van der Waals surface area contributed by atoms with Crippen molar-refractivity contribution in [2.24, 2.45) is 45.3 Å². The Morgan fingerprint density at radius 3 is 2.37 bits per heavy atom. The molecule has 0 aromatic heterocycles. The van der Waals surface area contributed by atoms with Crippen LogP contribution in [-0.2, 0) is 14.3 Å². The lowest BCUT2D eigenvalue weighted by molar-refractivity contribution is -0.174. The second-order valence-electron chi connectivity index (χ2n) is 15.2. The number of ether oxygens (including phenoxy) is 2. The van der Waals surface area contributed by atoms with Gasteiger partial charge >= 0.3 is 5.97 Å². The van der Waals surface area contributed by atoms with Crippen LogP contribution >= 0.6 is 0 Å². The highest BCUT2D eigenvalue weighted by Gasteiger charge is 2.65. The van der Waals surface area contributed by atoms with E-state index in [1.165, 1.54) is 44.9 Å². The van der Waals surface area contributed by atoms with Gasteiger partial charge in [0.2, 0.25) is 0 Å². The lowest BCUT2D eigenvalue weighted by atomic mass is 9.41. The van der Waals surface area contributed by atoms with E-state index in [1.807, 2.05) is 5.57 Å². The van der Waals surface area contributed by atoms with Crippen LogP contribution in [-0.4, -0.2) is 23.8 Å². The van der Waals surface area contributed by atoms with E-state index < -0.39 is 0 Å². The van der Waals surface area contributed by atoms with Crippen LogP contribution in [0.15, 0.2) is 11.6 Å². The number of allylic oxidation sites excluding steroid dienone is 2. The van der Waals surface area contributed by atoms with Crippen LogP contribution in [0.2, 0.25) is 0 Å². The Morgan fingerprint density at radius 2 is 1.74 bits per heavy atom. The molecule has 1 aliphatic heterocycles. The minimum Gasteiger partial charge on any atom is -0.462 e. The van der Waals surface area contributed by atoms with Crippen molar-refractivity contribution in [3.63, 3.8) is 0 Å². The Labute approximate surface area is 215 Å². The summed E-state index contributed by atoms with van der Waals surface area (Å²) in [4.78, 5) is 11.8. The molecule has 3 heteroatoms. The molecule has 5 rings (SSSR count). The van der Waals surface area contributed by atoms with Crippen molar-refractivity contribution in [3.8, 4) is 0 Å². The first-order chi connectivity index (χ1) is 16.2. The standard InChI is InChI=1S/C32H52O3/c1-20(10-13-27-29(5,6)35-27)22-14-18-32(9)24-11-12-25-28(3,4)26(34-21(2)33)16-17-30(25,7)23(24)15-19-31(22,32)8/h11,20,22-23,25-27H,10,12-19H2,1-9H3/t20-,22+,23+,25+,26+,27-,30-,31+,32-/m1/s1. The Morgan fingerprint density at radius 1 is 1.06 bits per heavy atom. The topological polar surface area (TPSA) is 38.8 Å². The molecule has 0 aromatic carbocycles. The summed E-state index contributed by atoms with van der Waals surface area (Å²) in [6.07, 6.45) is 14.5. The van der Waals surface area contributed by atoms with Gasteiger partial charge in [0.05, 0.1) is 11.7 Å². The molecule has 0 spiro atoms. The van der Waals surface area contributed by atoms with Crippen LogP contribution in [0.5, 0.6) is 0 Å². The summed E-state index contributed by atoms with van der Waals surface area (Å²) < 4.78 is 11.8. The van der Waals surface area contributed by atoms with Gasteiger partial charge < -0.3 is 9.47 Å². The van der Waals surface area contributed by atoms with Crippen molar-refractivity contribution in [3.05, 3.63) is 11.6 Å². The number of esters is 1. The van der Waals surface area contributed by atoms with Crippen molar-refractivity contribution >= 4 is 5.97 Å². The Kier molecular flexibility index (Phi) is 5.96. The third-order valence-electron chi connectivity index (χ3n) is 12.9. The van der Waals surface area contributed by atoms with Crippen LogP contribution < -0.4 is 0 Å². The molecule has 0 N–H and O–H groups in total. The third-order valence-corrected chi connectivity index (χ3v) is 12.9. The molecule has 4 aliphatic carbocycles. The van der Waals surface area contributed by atoms with Crippen molar-refractivity contribution < 1.29 is 14.3 Å². The Hall–Kier alpha value is -0.830. The van der Waals surface area contributed by atoms with E-state index in [0.717, 1.165) is 24.7 Å². The Balaban J connectivity index is 1.38. The molecule has 0 aromatic rings. The first-order valence-electron chi connectivity index (χ1n) is 14.7. The quantitative estimate of drug-likeness (QED) is 0.225. The molecule has 1 heterocycles. The van der Waals surface area contributed by atoms with Crippen molar-refractivity contribution in [1.29, 1.82) is 0 Å². The van der Waals surface area contributed by atoms with E-state index in [9.17, 15) is 4.79 Å². The molecular formula is C32H52O3. The van der Waals surface area contributed by atoms with Crippen LogP contribution in [0.25, 0.3) is 0 Å². The van der Waals surface area contributed by atoms with Gasteiger partial charge in [-0.05, 0) is 112 Å². The highest BCUT2D eigenvalue weighted by Crippen LogP contribution is 2.73. The minimum absolute atomic E-state index is 0.0216. The van der Waals surface area contributed by atoms with Crippen LogP contribution in [0.4, 0.5) is 0 Å². The summed E-state index contributed by atoms with van der Waals surface area (Å²) in [6, 6.07) is 0. The predicted octanol–water partition coefficient (Wildman–Crippen LogP) is 8.12.